The fraction of sp³-hybridized carbons (Fsp3) is 0.333. The summed E-state index contributed by atoms with van der Waals surface area (Å²) in [7, 11) is 0. The molecule has 1 saturated heterocycles. The molecular formula is C12H12BrFO. The first-order valence-corrected chi connectivity index (χ1v) is 5.80. The van der Waals surface area contributed by atoms with Crippen molar-refractivity contribution in [2.24, 2.45) is 0 Å². The molecule has 0 aromatic heterocycles. The van der Waals surface area contributed by atoms with E-state index in [1.165, 1.54) is 6.07 Å². The van der Waals surface area contributed by atoms with Gasteiger partial charge in [0.05, 0.1) is 6.10 Å². The second-order valence-corrected chi connectivity index (χ2v) is 4.49. The number of rotatable bonds is 2. The summed E-state index contributed by atoms with van der Waals surface area (Å²) in [6.45, 7) is 0.815. The number of halogens is 2. The van der Waals surface area contributed by atoms with E-state index in [-0.39, 0.29) is 11.9 Å². The van der Waals surface area contributed by atoms with Crippen molar-refractivity contribution in [1.82, 2.24) is 0 Å². The Morgan fingerprint density at radius 3 is 3.07 bits per heavy atom. The SMILES string of the molecule is Fc1ccc(Br)cc1/C=C/C1CCCO1. The van der Waals surface area contributed by atoms with Crippen LogP contribution in [0.1, 0.15) is 18.4 Å². The molecule has 0 saturated carbocycles. The Labute approximate surface area is 97.1 Å². The highest BCUT2D eigenvalue weighted by molar-refractivity contribution is 9.10. The Balaban J connectivity index is 2.11. The van der Waals surface area contributed by atoms with Gasteiger partial charge in [-0.1, -0.05) is 28.1 Å². The summed E-state index contributed by atoms with van der Waals surface area (Å²) in [6.07, 6.45) is 6.00. The first-order chi connectivity index (χ1) is 7.25. The molecule has 0 N–H and O–H groups in total. The molecule has 2 rings (SSSR count). The Bertz CT molecular complexity index is 370. The Kier molecular flexibility index (Phi) is 3.54. The van der Waals surface area contributed by atoms with Gasteiger partial charge in [-0.25, -0.2) is 4.39 Å². The van der Waals surface area contributed by atoms with Crippen molar-refractivity contribution >= 4 is 22.0 Å². The molecule has 0 spiro atoms. The number of benzene rings is 1. The standard InChI is InChI=1S/C12H12BrFO/c13-10-4-6-12(14)9(8-10)3-5-11-2-1-7-15-11/h3-6,8,11H,1-2,7H2/b5-3+. The largest absolute Gasteiger partial charge is 0.374 e. The molecule has 0 aliphatic carbocycles. The fourth-order valence-electron chi connectivity index (χ4n) is 1.61. The van der Waals surface area contributed by atoms with Gasteiger partial charge in [-0.05, 0) is 31.0 Å². The molecular weight excluding hydrogens is 259 g/mol. The van der Waals surface area contributed by atoms with Crippen molar-refractivity contribution in [2.75, 3.05) is 6.61 Å². The van der Waals surface area contributed by atoms with Crippen LogP contribution in [0.4, 0.5) is 4.39 Å². The predicted molar refractivity (Wildman–Crippen MR) is 62.1 cm³/mol. The maximum absolute atomic E-state index is 13.3. The van der Waals surface area contributed by atoms with Crippen molar-refractivity contribution in [2.45, 2.75) is 18.9 Å². The van der Waals surface area contributed by atoms with Crippen LogP contribution in [0, 0.1) is 5.82 Å². The van der Waals surface area contributed by atoms with E-state index in [0.29, 0.717) is 5.56 Å². The third-order valence-corrected chi connectivity index (χ3v) is 2.91. The quantitative estimate of drug-likeness (QED) is 0.795. The Morgan fingerprint density at radius 1 is 1.47 bits per heavy atom. The zero-order chi connectivity index (χ0) is 10.7. The van der Waals surface area contributed by atoms with Crippen LogP contribution < -0.4 is 0 Å². The van der Waals surface area contributed by atoms with Gasteiger partial charge in [-0.3, -0.25) is 0 Å². The maximum Gasteiger partial charge on any atom is 0.130 e. The molecule has 80 valence electrons. The zero-order valence-electron chi connectivity index (χ0n) is 8.25. The summed E-state index contributed by atoms with van der Waals surface area (Å²) in [5, 5.41) is 0. The number of hydrogen-bond acceptors (Lipinski definition) is 1. The van der Waals surface area contributed by atoms with Crippen molar-refractivity contribution in [3.8, 4) is 0 Å². The van der Waals surface area contributed by atoms with Gasteiger partial charge in [0.1, 0.15) is 5.82 Å². The van der Waals surface area contributed by atoms with E-state index in [2.05, 4.69) is 15.9 Å². The average molecular weight is 271 g/mol. The van der Waals surface area contributed by atoms with Crippen LogP contribution in [0.3, 0.4) is 0 Å². The van der Waals surface area contributed by atoms with E-state index in [0.717, 1.165) is 23.9 Å². The summed E-state index contributed by atoms with van der Waals surface area (Å²) < 4.78 is 19.6. The van der Waals surface area contributed by atoms with Gasteiger partial charge in [0.15, 0.2) is 0 Å². The van der Waals surface area contributed by atoms with E-state index < -0.39 is 0 Å². The molecule has 1 aliphatic rings. The van der Waals surface area contributed by atoms with E-state index in [1.54, 1.807) is 18.2 Å². The Hall–Kier alpha value is -0.670. The summed E-state index contributed by atoms with van der Waals surface area (Å²) in [6, 6.07) is 4.92. The zero-order valence-corrected chi connectivity index (χ0v) is 9.84. The van der Waals surface area contributed by atoms with Gasteiger partial charge in [-0.2, -0.15) is 0 Å². The highest BCUT2D eigenvalue weighted by atomic mass is 79.9. The van der Waals surface area contributed by atoms with Crippen LogP contribution >= 0.6 is 15.9 Å². The lowest BCUT2D eigenvalue weighted by Crippen LogP contribution is -1.98. The first kappa shape index (κ1) is 10.8. The third kappa shape index (κ3) is 2.89. The van der Waals surface area contributed by atoms with Gasteiger partial charge < -0.3 is 4.74 Å². The first-order valence-electron chi connectivity index (χ1n) is 5.00. The molecule has 1 aliphatic heterocycles. The van der Waals surface area contributed by atoms with Gasteiger partial charge in [0, 0.05) is 16.6 Å². The maximum atomic E-state index is 13.3. The van der Waals surface area contributed by atoms with Gasteiger partial charge in [0.25, 0.3) is 0 Å². The molecule has 3 heteroatoms. The molecule has 1 fully saturated rings. The minimum absolute atomic E-state index is 0.156. The van der Waals surface area contributed by atoms with Crippen molar-refractivity contribution in [1.29, 1.82) is 0 Å². The summed E-state index contributed by atoms with van der Waals surface area (Å²) in [5.41, 5.74) is 0.597. The van der Waals surface area contributed by atoms with E-state index in [1.807, 2.05) is 6.08 Å². The lowest BCUT2D eigenvalue weighted by atomic mass is 10.1. The minimum atomic E-state index is -0.201. The molecule has 0 amide bonds. The van der Waals surface area contributed by atoms with Crippen LogP contribution in [-0.4, -0.2) is 12.7 Å². The van der Waals surface area contributed by atoms with Crippen molar-refractivity contribution < 1.29 is 9.13 Å². The lowest BCUT2D eigenvalue weighted by molar-refractivity contribution is 0.146. The molecule has 0 radical (unpaired) electrons. The summed E-state index contributed by atoms with van der Waals surface area (Å²) >= 11 is 3.32. The van der Waals surface area contributed by atoms with Crippen LogP contribution in [0.15, 0.2) is 28.7 Å². The molecule has 1 nitrogen and oxygen atoms in total. The van der Waals surface area contributed by atoms with Crippen LogP contribution in [0.25, 0.3) is 6.08 Å². The van der Waals surface area contributed by atoms with Crippen LogP contribution in [-0.2, 0) is 4.74 Å². The van der Waals surface area contributed by atoms with Gasteiger partial charge in [-0.15, -0.1) is 0 Å². The highest BCUT2D eigenvalue weighted by Crippen LogP contribution is 2.19. The molecule has 15 heavy (non-hydrogen) atoms. The van der Waals surface area contributed by atoms with Crippen LogP contribution in [0.5, 0.6) is 0 Å². The van der Waals surface area contributed by atoms with E-state index in [4.69, 9.17) is 4.74 Å². The van der Waals surface area contributed by atoms with Crippen molar-refractivity contribution in [3.63, 3.8) is 0 Å². The second-order valence-electron chi connectivity index (χ2n) is 3.58. The lowest BCUT2D eigenvalue weighted by Gasteiger charge is -2.02. The van der Waals surface area contributed by atoms with E-state index >= 15 is 0 Å². The highest BCUT2D eigenvalue weighted by Gasteiger charge is 2.11. The summed E-state index contributed by atoms with van der Waals surface area (Å²) in [4.78, 5) is 0. The van der Waals surface area contributed by atoms with Gasteiger partial charge >= 0.3 is 0 Å². The van der Waals surface area contributed by atoms with Gasteiger partial charge in [0.2, 0.25) is 0 Å². The summed E-state index contributed by atoms with van der Waals surface area (Å²) in [5.74, 6) is -0.201. The minimum Gasteiger partial charge on any atom is -0.374 e. The molecule has 0 bridgehead atoms. The molecule has 1 atom stereocenters. The van der Waals surface area contributed by atoms with Crippen molar-refractivity contribution in [3.05, 3.63) is 40.1 Å². The second kappa shape index (κ2) is 4.90. The van der Waals surface area contributed by atoms with Crippen LogP contribution in [0.2, 0.25) is 0 Å². The molecule has 1 aromatic carbocycles. The monoisotopic (exact) mass is 270 g/mol. The molecule has 1 unspecified atom stereocenters. The molecule has 1 heterocycles. The third-order valence-electron chi connectivity index (χ3n) is 2.41. The topological polar surface area (TPSA) is 9.23 Å². The molecule has 1 aromatic rings. The fourth-order valence-corrected chi connectivity index (χ4v) is 1.99. The smallest absolute Gasteiger partial charge is 0.130 e. The number of ether oxygens (including phenoxy) is 1. The Morgan fingerprint density at radius 2 is 2.33 bits per heavy atom. The number of hydrogen-bond donors (Lipinski definition) is 0. The normalized spacial score (nSPS) is 21.3. The average Bonchev–Trinajstić information content (AvgIpc) is 2.72. The predicted octanol–water partition coefficient (Wildman–Crippen LogP) is 3.78. The van der Waals surface area contributed by atoms with E-state index in [9.17, 15) is 4.39 Å².